The summed E-state index contributed by atoms with van der Waals surface area (Å²) in [6, 6.07) is 21.3. The fourth-order valence-corrected chi connectivity index (χ4v) is 6.19. The second-order valence-corrected chi connectivity index (χ2v) is 11.5. The van der Waals surface area contributed by atoms with Gasteiger partial charge in [0.2, 0.25) is 5.91 Å². The quantitative estimate of drug-likeness (QED) is 0.198. The summed E-state index contributed by atoms with van der Waals surface area (Å²) in [6.45, 7) is 2.12. The summed E-state index contributed by atoms with van der Waals surface area (Å²) in [5, 5.41) is 24.8. The first kappa shape index (κ1) is 28.4. The minimum Gasteiger partial charge on any atom is -0.387 e. The van der Waals surface area contributed by atoms with Gasteiger partial charge in [-0.25, -0.2) is 0 Å². The molecule has 1 unspecified atom stereocenters. The number of hydrogen-bond donors (Lipinski definition) is 4. The first-order valence-electron chi connectivity index (χ1n) is 14.1. The first-order valence-corrected chi connectivity index (χ1v) is 14.9. The van der Waals surface area contributed by atoms with Crippen LogP contribution >= 0.6 is 23.2 Å². The fourth-order valence-electron chi connectivity index (χ4n) is 5.58. The number of fused-ring (bicyclic) bond motifs is 1. The fraction of sp³-hybridized carbons (Fsp3) is 0.281. The second kappa shape index (κ2) is 12.3. The van der Waals surface area contributed by atoms with Gasteiger partial charge in [0.25, 0.3) is 5.91 Å². The van der Waals surface area contributed by atoms with Crippen LogP contribution in [0, 0.1) is 0 Å². The van der Waals surface area contributed by atoms with Crippen molar-refractivity contribution in [1.29, 1.82) is 0 Å². The molecule has 2 atom stereocenters. The van der Waals surface area contributed by atoms with Crippen molar-refractivity contribution in [2.75, 3.05) is 11.9 Å². The van der Waals surface area contributed by atoms with E-state index in [1.807, 2.05) is 42.5 Å². The number of nitrogens with one attached hydrogen (secondary N) is 3. The lowest BCUT2D eigenvalue weighted by Crippen LogP contribution is -2.35. The van der Waals surface area contributed by atoms with Crippen molar-refractivity contribution in [2.24, 2.45) is 0 Å². The predicted molar refractivity (Wildman–Crippen MR) is 165 cm³/mol. The number of halogens is 2. The third-order valence-corrected chi connectivity index (χ3v) is 8.65. The van der Waals surface area contributed by atoms with E-state index in [1.54, 1.807) is 16.8 Å². The van der Waals surface area contributed by atoms with Gasteiger partial charge < -0.3 is 21.1 Å². The van der Waals surface area contributed by atoms with E-state index in [-0.39, 0.29) is 17.6 Å². The van der Waals surface area contributed by atoms with E-state index in [4.69, 9.17) is 23.2 Å². The van der Waals surface area contributed by atoms with Crippen molar-refractivity contribution in [3.8, 4) is 22.3 Å². The topological polar surface area (TPSA) is 108 Å². The summed E-state index contributed by atoms with van der Waals surface area (Å²) in [5.41, 5.74) is 5.75. The van der Waals surface area contributed by atoms with E-state index >= 15 is 0 Å². The number of nitrogens with zero attached hydrogens (tertiary/aromatic N) is 2. The Morgan fingerprint density at radius 3 is 2.48 bits per heavy atom. The molecule has 1 fully saturated rings. The summed E-state index contributed by atoms with van der Waals surface area (Å²) >= 11 is 13.8. The third-order valence-electron chi connectivity index (χ3n) is 7.84. The van der Waals surface area contributed by atoms with E-state index in [9.17, 15) is 14.7 Å². The summed E-state index contributed by atoms with van der Waals surface area (Å²) < 4.78 is 1.69. The Morgan fingerprint density at radius 1 is 1.00 bits per heavy atom. The number of rotatable bonds is 8. The molecule has 4 aromatic rings. The van der Waals surface area contributed by atoms with Crippen molar-refractivity contribution in [1.82, 2.24) is 20.4 Å². The Kier molecular flexibility index (Phi) is 8.31. The largest absolute Gasteiger partial charge is 0.387 e. The number of carbonyl (C=O) groups is 2. The van der Waals surface area contributed by atoms with Gasteiger partial charge in [0.1, 0.15) is 0 Å². The smallest absolute Gasteiger partial charge is 0.276 e. The maximum Gasteiger partial charge on any atom is 0.276 e. The van der Waals surface area contributed by atoms with Gasteiger partial charge in [-0.05, 0) is 42.5 Å². The number of hydrogen-bond acceptors (Lipinski definition) is 5. The molecule has 216 valence electrons. The van der Waals surface area contributed by atoms with Gasteiger partial charge in [-0.2, -0.15) is 5.10 Å². The molecule has 0 spiro atoms. The average molecular weight is 605 g/mol. The van der Waals surface area contributed by atoms with Crippen LogP contribution in [0.1, 0.15) is 53.5 Å². The van der Waals surface area contributed by atoms with Crippen molar-refractivity contribution in [3.63, 3.8) is 0 Å². The molecule has 6 rings (SSSR count). The van der Waals surface area contributed by atoms with E-state index in [1.165, 1.54) is 0 Å². The van der Waals surface area contributed by atoms with Crippen molar-refractivity contribution >= 4 is 40.7 Å². The highest BCUT2D eigenvalue weighted by Crippen LogP contribution is 2.41. The zero-order valence-electron chi connectivity index (χ0n) is 22.9. The van der Waals surface area contributed by atoms with E-state index in [2.05, 4.69) is 33.2 Å². The number of carbonyl (C=O) groups excluding carboxylic acids is 2. The maximum atomic E-state index is 13.0. The highest BCUT2D eigenvalue weighted by molar-refractivity contribution is 6.39. The van der Waals surface area contributed by atoms with Gasteiger partial charge in [0, 0.05) is 48.8 Å². The van der Waals surface area contributed by atoms with Crippen LogP contribution in [0.2, 0.25) is 10.0 Å². The number of benzene rings is 3. The molecule has 10 heteroatoms. The normalized spacial score (nSPS) is 18.0. The summed E-state index contributed by atoms with van der Waals surface area (Å²) in [7, 11) is 0. The Morgan fingerprint density at radius 2 is 1.74 bits per heavy atom. The van der Waals surface area contributed by atoms with Gasteiger partial charge in [0.15, 0.2) is 5.69 Å². The van der Waals surface area contributed by atoms with Crippen LogP contribution < -0.4 is 16.0 Å². The standard InChI is InChI=1S/C32H31Cl2N5O3/c33-30-22(20-11-9-19(10-12-20)17-35-18-21-13-14-29(41)36-21)4-1-5-23(30)24-6-2-7-25(31(24)34)37-32(42)26-16-27-28(40)8-3-15-39(27)38-26/h1-2,4-7,9-12,16,21,28,35,40H,3,8,13-15,17-18H2,(H,36,41)(H,37,42)/t21-,28?/m0/s1. The summed E-state index contributed by atoms with van der Waals surface area (Å²) in [4.78, 5) is 24.4. The zero-order chi connectivity index (χ0) is 29.2. The van der Waals surface area contributed by atoms with E-state index < -0.39 is 12.0 Å². The Bertz CT molecular complexity index is 1640. The average Bonchev–Trinajstić information content (AvgIpc) is 3.62. The van der Waals surface area contributed by atoms with Crippen molar-refractivity contribution in [3.05, 3.63) is 93.7 Å². The van der Waals surface area contributed by atoms with Crippen LogP contribution in [0.15, 0.2) is 66.7 Å². The first-order chi connectivity index (χ1) is 20.4. The highest BCUT2D eigenvalue weighted by atomic mass is 35.5. The lowest BCUT2D eigenvalue weighted by molar-refractivity contribution is -0.119. The molecule has 3 heterocycles. The molecule has 2 aliphatic heterocycles. The number of amides is 2. The predicted octanol–water partition coefficient (Wildman–Crippen LogP) is 5.97. The molecule has 8 nitrogen and oxygen atoms in total. The number of aromatic nitrogens is 2. The number of aliphatic hydroxyl groups is 1. The Hall–Kier alpha value is -3.69. The van der Waals surface area contributed by atoms with Crippen molar-refractivity contribution < 1.29 is 14.7 Å². The number of aryl methyl sites for hydroxylation is 1. The lowest BCUT2D eigenvalue weighted by Gasteiger charge is -2.18. The minimum atomic E-state index is -0.616. The highest BCUT2D eigenvalue weighted by Gasteiger charge is 2.24. The summed E-state index contributed by atoms with van der Waals surface area (Å²) in [5.74, 6) is -0.275. The van der Waals surface area contributed by atoms with Gasteiger partial charge in [0.05, 0.1) is 27.5 Å². The van der Waals surface area contributed by atoms with Gasteiger partial charge in [-0.1, -0.05) is 77.8 Å². The molecule has 4 N–H and O–H groups in total. The molecule has 0 saturated carbocycles. The lowest BCUT2D eigenvalue weighted by atomic mass is 9.97. The van der Waals surface area contributed by atoms with Crippen LogP contribution in [-0.2, 0) is 17.9 Å². The van der Waals surface area contributed by atoms with Gasteiger partial charge in [-0.3, -0.25) is 14.3 Å². The van der Waals surface area contributed by atoms with Crippen LogP contribution in [0.25, 0.3) is 22.3 Å². The summed E-state index contributed by atoms with van der Waals surface area (Å²) in [6.07, 6.45) is 2.33. The SMILES string of the molecule is O=C1CC[C@@H](CNCc2ccc(-c3cccc(-c4cccc(NC(=O)c5cc6n(n5)CCCC6O)c4Cl)c3Cl)cc2)N1. The molecule has 42 heavy (non-hydrogen) atoms. The van der Waals surface area contributed by atoms with Crippen LogP contribution in [0.3, 0.4) is 0 Å². The zero-order valence-corrected chi connectivity index (χ0v) is 24.4. The van der Waals surface area contributed by atoms with Crippen LogP contribution in [0.5, 0.6) is 0 Å². The molecule has 0 bridgehead atoms. The van der Waals surface area contributed by atoms with Gasteiger partial charge in [-0.15, -0.1) is 0 Å². The molecular formula is C32H31Cl2N5O3. The molecule has 1 aromatic heterocycles. The monoisotopic (exact) mass is 603 g/mol. The number of anilines is 1. The molecule has 0 aliphatic carbocycles. The van der Waals surface area contributed by atoms with E-state index in [0.29, 0.717) is 52.9 Å². The number of aliphatic hydroxyl groups excluding tert-OH is 1. The van der Waals surface area contributed by atoms with Crippen LogP contribution in [0.4, 0.5) is 5.69 Å². The van der Waals surface area contributed by atoms with Crippen molar-refractivity contribution in [2.45, 2.75) is 50.9 Å². The third kappa shape index (κ3) is 5.94. The second-order valence-electron chi connectivity index (χ2n) is 10.8. The molecule has 2 amide bonds. The molecule has 1 saturated heterocycles. The Balaban J connectivity index is 1.17. The molecule has 2 aliphatic rings. The maximum absolute atomic E-state index is 13.0. The minimum absolute atomic E-state index is 0.122. The van der Waals surface area contributed by atoms with E-state index in [0.717, 1.165) is 41.6 Å². The van der Waals surface area contributed by atoms with Crippen LogP contribution in [-0.4, -0.2) is 39.3 Å². The Labute approximate surface area is 254 Å². The van der Waals surface area contributed by atoms with Gasteiger partial charge >= 0.3 is 0 Å². The molecule has 3 aromatic carbocycles. The molecule has 0 radical (unpaired) electrons. The molecular weight excluding hydrogens is 573 g/mol.